The number of anilines is 1. The van der Waals surface area contributed by atoms with E-state index in [0.717, 1.165) is 16.9 Å². The zero-order chi connectivity index (χ0) is 24.2. The first-order valence-electron chi connectivity index (χ1n) is 10.2. The molecule has 9 heteroatoms. The molecule has 0 aliphatic heterocycles. The van der Waals surface area contributed by atoms with Crippen LogP contribution in [0.15, 0.2) is 91.0 Å². The van der Waals surface area contributed by atoms with Crippen LogP contribution in [0.1, 0.15) is 11.1 Å². The average molecular weight is 487 g/mol. The highest BCUT2D eigenvalue weighted by Crippen LogP contribution is 2.31. The van der Waals surface area contributed by atoms with E-state index in [4.69, 9.17) is 9.47 Å². The van der Waals surface area contributed by atoms with Crippen molar-refractivity contribution in [1.82, 2.24) is 0 Å². The van der Waals surface area contributed by atoms with Gasteiger partial charge in [0.1, 0.15) is 24.7 Å². The molecule has 0 unspecified atom stereocenters. The van der Waals surface area contributed by atoms with Crippen LogP contribution in [0, 0.1) is 0 Å². The lowest BCUT2D eigenvalue weighted by atomic mass is 10.1. The number of hydrogen-bond donors (Lipinski definition) is 1. The summed E-state index contributed by atoms with van der Waals surface area (Å²) in [6.45, 7) is 0.730. The fourth-order valence-corrected chi connectivity index (χ4v) is 3.79. The van der Waals surface area contributed by atoms with Gasteiger partial charge in [-0.1, -0.05) is 54.6 Å². The second-order valence-corrected chi connectivity index (χ2v) is 9.12. The Morgan fingerprint density at radius 2 is 1.41 bits per heavy atom. The summed E-state index contributed by atoms with van der Waals surface area (Å²) < 4.78 is 73.8. The molecule has 0 radical (unpaired) electrons. The van der Waals surface area contributed by atoms with E-state index in [1.54, 1.807) is 22.9 Å². The number of nitrogens with one attached hydrogen (secondary N) is 1. The van der Waals surface area contributed by atoms with E-state index in [1.807, 2.05) is 54.6 Å². The number of alkyl halides is 3. The van der Waals surface area contributed by atoms with Crippen molar-refractivity contribution in [3.63, 3.8) is 0 Å². The predicted octanol–water partition coefficient (Wildman–Crippen LogP) is 6.26. The molecule has 0 spiro atoms. The maximum absolute atomic E-state index is 12.6. The summed E-state index contributed by atoms with van der Waals surface area (Å²) in [6.07, 6.45) is 0. The van der Waals surface area contributed by atoms with Gasteiger partial charge in [-0.05, 0) is 52.9 Å². The van der Waals surface area contributed by atoms with Gasteiger partial charge in [-0.3, -0.25) is 4.72 Å². The summed E-state index contributed by atoms with van der Waals surface area (Å²) in [6, 6.07) is 26.5. The Balaban J connectivity index is 1.41. The minimum Gasteiger partial charge on any atom is -0.489 e. The number of ether oxygens (including phenoxy) is 2. The van der Waals surface area contributed by atoms with Gasteiger partial charge < -0.3 is 9.47 Å². The Bertz CT molecular complexity index is 1370. The van der Waals surface area contributed by atoms with Gasteiger partial charge in [-0.15, -0.1) is 0 Å². The van der Waals surface area contributed by atoms with E-state index in [-0.39, 0.29) is 12.3 Å². The molecule has 0 aromatic heterocycles. The summed E-state index contributed by atoms with van der Waals surface area (Å²) in [5, 5.41) is 1.17. The smallest absolute Gasteiger partial charge is 0.489 e. The van der Waals surface area contributed by atoms with Crippen molar-refractivity contribution in [2.24, 2.45) is 0 Å². The Morgan fingerprint density at radius 1 is 0.735 bits per heavy atom. The maximum Gasteiger partial charge on any atom is 0.516 e. The lowest BCUT2D eigenvalue weighted by molar-refractivity contribution is -0.0429. The first-order valence-corrected chi connectivity index (χ1v) is 11.7. The van der Waals surface area contributed by atoms with E-state index in [9.17, 15) is 21.6 Å². The van der Waals surface area contributed by atoms with Crippen molar-refractivity contribution in [3.05, 3.63) is 102 Å². The van der Waals surface area contributed by atoms with Crippen molar-refractivity contribution in [2.75, 3.05) is 4.72 Å². The molecular formula is C25H20F3NO4S. The van der Waals surface area contributed by atoms with Crippen LogP contribution >= 0.6 is 0 Å². The normalized spacial score (nSPS) is 11.9. The van der Waals surface area contributed by atoms with Gasteiger partial charge in [0.15, 0.2) is 0 Å². The number of sulfonamides is 1. The molecule has 1 N–H and O–H groups in total. The van der Waals surface area contributed by atoms with Gasteiger partial charge in [0.25, 0.3) is 0 Å². The summed E-state index contributed by atoms with van der Waals surface area (Å²) in [4.78, 5) is 0. The first kappa shape index (κ1) is 23.4. The van der Waals surface area contributed by atoms with Crippen molar-refractivity contribution < 1.29 is 31.1 Å². The third-order valence-electron chi connectivity index (χ3n) is 4.96. The average Bonchev–Trinajstić information content (AvgIpc) is 2.81. The lowest BCUT2D eigenvalue weighted by Crippen LogP contribution is -2.29. The van der Waals surface area contributed by atoms with Gasteiger partial charge >= 0.3 is 15.5 Å². The summed E-state index contributed by atoms with van der Waals surface area (Å²) in [5.74, 6) is 1.25. The largest absolute Gasteiger partial charge is 0.516 e. The summed E-state index contributed by atoms with van der Waals surface area (Å²) in [5.41, 5.74) is -3.61. The quantitative estimate of drug-likeness (QED) is 0.319. The van der Waals surface area contributed by atoms with E-state index >= 15 is 0 Å². The number of benzene rings is 4. The molecule has 4 aromatic rings. The van der Waals surface area contributed by atoms with E-state index in [1.165, 1.54) is 18.2 Å². The van der Waals surface area contributed by atoms with Crippen LogP contribution in [0.4, 0.5) is 18.9 Å². The van der Waals surface area contributed by atoms with Crippen molar-refractivity contribution in [3.8, 4) is 11.5 Å². The fourth-order valence-electron chi connectivity index (χ4n) is 3.24. The molecule has 0 aliphatic carbocycles. The minimum absolute atomic E-state index is 0.187. The van der Waals surface area contributed by atoms with Crippen LogP contribution in [0.2, 0.25) is 0 Å². The number of hydrogen-bond acceptors (Lipinski definition) is 4. The molecule has 4 rings (SSSR count). The Labute approximate surface area is 194 Å². The molecule has 0 bridgehead atoms. The number of fused-ring (bicyclic) bond motifs is 1. The van der Waals surface area contributed by atoms with E-state index in [2.05, 4.69) is 0 Å². The molecule has 0 aliphatic rings. The van der Waals surface area contributed by atoms with Gasteiger partial charge in [0.2, 0.25) is 0 Å². The molecule has 4 aromatic carbocycles. The van der Waals surface area contributed by atoms with Crippen LogP contribution < -0.4 is 14.2 Å². The Kier molecular flexibility index (Phi) is 6.65. The number of rotatable bonds is 8. The molecule has 0 fully saturated rings. The van der Waals surface area contributed by atoms with Crippen LogP contribution in [0.25, 0.3) is 10.8 Å². The molecule has 5 nitrogen and oxygen atoms in total. The van der Waals surface area contributed by atoms with Crippen LogP contribution in [-0.2, 0) is 23.2 Å². The molecule has 0 saturated heterocycles. The molecular weight excluding hydrogens is 467 g/mol. The third kappa shape index (κ3) is 5.60. The van der Waals surface area contributed by atoms with Gasteiger partial charge in [-0.2, -0.15) is 21.6 Å². The highest BCUT2D eigenvalue weighted by atomic mass is 32.2. The molecule has 34 heavy (non-hydrogen) atoms. The van der Waals surface area contributed by atoms with Crippen molar-refractivity contribution in [1.29, 1.82) is 0 Å². The third-order valence-corrected chi connectivity index (χ3v) is 6.08. The fraction of sp³-hybridized carbons (Fsp3) is 0.120. The highest BCUT2D eigenvalue weighted by Gasteiger charge is 2.46. The van der Waals surface area contributed by atoms with Crippen molar-refractivity contribution in [2.45, 2.75) is 18.7 Å². The van der Waals surface area contributed by atoms with E-state index in [0.29, 0.717) is 23.1 Å². The zero-order valence-electron chi connectivity index (χ0n) is 17.7. The lowest BCUT2D eigenvalue weighted by Gasteiger charge is -2.13. The van der Waals surface area contributed by atoms with Crippen LogP contribution in [0.5, 0.6) is 11.5 Å². The predicted molar refractivity (Wildman–Crippen MR) is 124 cm³/mol. The number of halogens is 3. The molecule has 0 heterocycles. The zero-order valence-corrected chi connectivity index (χ0v) is 18.6. The van der Waals surface area contributed by atoms with Gasteiger partial charge in [0.05, 0.1) is 0 Å². The SMILES string of the molecule is O=S(=O)(Nc1ccc2c(OCc3ccc(OCc4ccccc4)cc3)cccc2c1)C(F)(F)F. The summed E-state index contributed by atoms with van der Waals surface area (Å²) in [7, 11) is -5.49. The Hall–Kier alpha value is -3.72. The van der Waals surface area contributed by atoms with Crippen LogP contribution in [-0.4, -0.2) is 13.9 Å². The topological polar surface area (TPSA) is 64.6 Å². The molecule has 0 amide bonds. The Morgan fingerprint density at radius 3 is 2.12 bits per heavy atom. The van der Waals surface area contributed by atoms with Crippen LogP contribution in [0.3, 0.4) is 0 Å². The molecule has 0 saturated carbocycles. The molecule has 0 atom stereocenters. The molecule has 176 valence electrons. The van der Waals surface area contributed by atoms with E-state index < -0.39 is 15.5 Å². The second-order valence-electron chi connectivity index (χ2n) is 7.45. The maximum atomic E-state index is 12.6. The van der Waals surface area contributed by atoms with Crippen molar-refractivity contribution >= 4 is 26.5 Å². The second kappa shape index (κ2) is 9.64. The standard InChI is InChI=1S/C25H20F3NO4S/c26-25(27,28)34(30,31)29-21-11-14-23-20(15-21)7-4-8-24(23)33-17-19-9-12-22(13-10-19)32-16-18-5-2-1-3-6-18/h1-15,29H,16-17H2. The minimum atomic E-state index is -5.49. The highest BCUT2D eigenvalue weighted by molar-refractivity contribution is 7.93. The first-order chi connectivity index (χ1) is 16.2. The summed E-state index contributed by atoms with van der Waals surface area (Å²) >= 11 is 0. The van der Waals surface area contributed by atoms with Gasteiger partial charge in [-0.25, -0.2) is 0 Å². The monoisotopic (exact) mass is 487 g/mol. The van der Waals surface area contributed by atoms with Gasteiger partial charge in [0, 0.05) is 11.1 Å².